The molecule has 0 aliphatic carbocycles. The van der Waals surface area contributed by atoms with Crippen LogP contribution in [0.25, 0.3) is 0 Å². The molecular formula is C52H102NO10P. The van der Waals surface area contributed by atoms with E-state index >= 15 is 0 Å². The van der Waals surface area contributed by atoms with Gasteiger partial charge in [-0.2, -0.15) is 0 Å². The van der Waals surface area contributed by atoms with Crippen LogP contribution in [0.15, 0.2) is 0 Å². The van der Waals surface area contributed by atoms with Crippen LogP contribution in [-0.4, -0.2) is 59.9 Å². The summed E-state index contributed by atoms with van der Waals surface area (Å²) < 4.78 is 32.9. The first-order chi connectivity index (χ1) is 31.1. The Morgan fingerprint density at radius 3 is 0.984 bits per heavy atom. The third-order valence-corrected chi connectivity index (χ3v) is 13.3. The van der Waals surface area contributed by atoms with Gasteiger partial charge in [0.15, 0.2) is 6.10 Å². The first-order valence-electron chi connectivity index (χ1n) is 27.1. The van der Waals surface area contributed by atoms with Gasteiger partial charge in [-0.25, -0.2) is 4.57 Å². The van der Waals surface area contributed by atoms with Gasteiger partial charge in [-0.05, 0) is 12.8 Å². The fourth-order valence-electron chi connectivity index (χ4n) is 8.13. The van der Waals surface area contributed by atoms with E-state index in [9.17, 15) is 23.8 Å². The van der Waals surface area contributed by atoms with Crippen LogP contribution < -0.4 is 5.73 Å². The standard InChI is InChI=1S/C52H102NO10P/c1-3-5-7-9-11-13-15-17-19-21-23-24-25-26-28-30-32-34-36-38-40-42-44-51(55)63-48(46-61-64(58,59)62-47-49(53)52(56)57)45-60-50(54)43-41-39-37-35-33-31-29-27-22-20-18-16-14-12-10-8-6-4-2/h48-49H,3-47,53H2,1-2H3,(H,56,57)(H,58,59)/t48-,49+/m1/s1. The first-order valence-corrected chi connectivity index (χ1v) is 28.6. The van der Waals surface area contributed by atoms with Crippen molar-refractivity contribution in [3.8, 4) is 0 Å². The van der Waals surface area contributed by atoms with Gasteiger partial charge in [0.1, 0.15) is 12.6 Å². The summed E-state index contributed by atoms with van der Waals surface area (Å²) in [5, 5.41) is 8.93. The molecule has 11 nitrogen and oxygen atoms in total. The largest absolute Gasteiger partial charge is 0.480 e. The summed E-state index contributed by atoms with van der Waals surface area (Å²) in [6.45, 7) is 2.88. The molecule has 0 aromatic heterocycles. The van der Waals surface area contributed by atoms with E-state index in [2.05, 4.69) is 13.8 Å². The predicted octanol–water partition coefficient (Wildman–Crippen LogP) is 15.4. The van der Waals surface area contributed by atoms with Crippen molar-refractivity contribution < 1.29 is 47.5 Å². The van der Waals surface area contributed by atoms with E-state index in [1.807, 2.05) is 0 Å². The first kappa shape index (κ1) is 62.5. The van der Waals surface area contributed by atoms with Gasteiger partial charge in [-0.1, -0.05) is 258 Å². The molecule has 0 radical (unpaired) electrons. The number of hydrogen-bond acceptors (Lipinski definition) is 9. The summed E-state index contributed by atoms with van der Waals surface area (Å²) in [6.07, 6.45) is 50.2. The highest BCUT2D eigenvalue weighted by Gasteiger charge is 2.28. The number of esters is 2. The molecule has 1 unspecified atom stereocenters. The zero-order chi connectivity index (χ0) is 47.0. The van der Waals surface area contributed by atoms with Gasteiger partial charge in [-0.3, -0.25) is 23.4 Å². The van der Waals surface area contributed by atoms with Gasteiger partial charge < -0.3 is 25.2 Å². The molecule has 0 rings (SSSR count). The van der Waals surface area contributed by atoms with Gasteiger partial charge in [0.25, 0.3) is 0 Å². The lowest BCUT2D eigenvalue weighted by Gasteiger charge is -2.20. The maximum Gasteiger partial charge on any atom is 0.472 e. The minimum atomic E-state index is -4.72. The number of carbonyl (C=O) groups excluding carboxylic acids is 2. The molecule has 0 aromatic carbocycles. The van der Waals surface area contributed by atoms with Crippen molar-refractivity contribution >= 4 is 25.7 Å². The SMILES string of the molecule is CCCCCCCCCCCCCCCCCCCCCCCCC(=O)O[C@H](COC(=O)CCCCCCCCCCCCCCCCCCCC)COP(=O)(O)OC[C@H](N)C(=O)O. The number of phosphoric ester groups is 1. The van der Waals surface area contributed by atoms with E-state index < -0.39 is 51.1 Å². The number of carboxylic acids is 1. The maximum atomic E-state index is 12.7. The summed E-state index contributed by atoms with van der Waals surface area (Å²) in [7, 11) is -4.72. The quantitative estimate of drug-likeness (QED) is 0.0301. The van der Waals surface area contributed by atoms with Crippen LogP contribution in [0.1, 0.15) is 284 Å². The van der Waals surface area contributed by atoms with Crippen LogP contribution >= 0.6 is 7.82 Å². The topological polar surface area (TPSA) is 172 Å². The van der Waals surface area contributed by atoms with E-state index in [0.717, 1.165) is 38.5 Å². The molecule has 64 heavy (non-hydrogen) atoms. The van der Waals surface area contributed by atoms with Crippen molar-refractivity contribution in [2.24, 2.45) is 5.73 Å². The Morgan fingerprint density at radius 2 is 0.688 bits per heavy atom. The third-order valence-electron chi connectivity index (χ3n) is 12.4. The Labute approximate surface area is 393 Å². The molecule has 0 saturated carbocycles. The van der Waals surface area contributed by atoms with Gasteiger partial charge >= 0.3 is 25.7 Å². The molecule has 0 aliphatic heterocycles. The number of phosphoric acid groups is 1. The second-order valence-corrected chi connectivity index (χ2v) is 20.2. The van der Waals surface area contributed by atoms with Crippen molar-refractivity contribution in [1.29, 1.82) is 0 Å². The normalized spacial score (nSPS) is 13.4. The lowest BCUT2D eigenvalue weighted by Crippen LogP contribution is -2.34. The van der Waals surface area contributed by atoms with Crippen molar-refractivity contribution in [1.82, 2.24) is 0 Å². The predicted molar refractivity (Wildman–Crippen MR) is 263 cm³/mol. The van der Waals surface area contributed by atoms with Gasteiger partial charge in [0, 0.05) is 12.8 Å². The number of hydrogen-bond donors (Lipinski definition) is 3. The summed E-state index contributed by atoms with van der Waals surface area (Å²) in [4.78, 5) is 46.2. The molecule has 0 amide bonds. The molecule has 12 heteroatoms. The fraction of sp³-hybridized carbons (Fsp3) is 0.942. The number of ether oxygens (including phenoxy) is 2. The monoisotopic (exact) mass is 932 g/mol. The molecule has 0 bridgehead atoms. The van der Waals surface area contributed by atoms with Crippen molar-refractivity contribution in [3.05, 3.63) is 0 Å². The van der Waals surface area contributed by atoms with Crippen LogP contribution in [0.2, 0.25) is 0 Å². The summed E-state index contributed by atoms with van der Waals surface area (Å²) in [5.74, 6) is -2.35. The number of unbranched alkanes of at least 4 members (excludes halogenated alkanes) is 38. The average molecular weight is 932 g/mol. The minimum Gasteiger partial charge on any atom is -0.480 e. The molecule has 4 N–H and O–H groups in total. The van der Waals surface area contributed by atoms with E-state index in [1.165, 1.54) is 205 Å². The molecular weight excluding hydrogens is 830 g/mol. The van der Waals surface area contributed by atoms with Gasteiger partial charge in [-0.15, -0.1) is 0 Å². The van der Waals surface area contributed by atoms with Crippen LogP contribution in [-0.2, 0) is 37.5 Å². The highest BCUT2D eigenvalue weighted by molar-refractivity contribution is 7.47. The lowest BCUT2D eigenvalue weighted by molar-refractivity contribution is -0.161. The molecule has 0 heterocycles. The number of carboxylic acid groups (broad SMARTS) is 1. The minimum absolute atomic E-state index is 0.170. The molecule has 0 aliphatic rings. The number of aliphatic carboxylic acids is 1. The van der Waals surface area contributed by atoms with E-state index in [0.29, 0.717) is 12.8 Å². The number of nitrogens with two attached hydrogens (primary N) is 1. The summed E-state index contributed by atoms with van der Waals surface area (Å²) in [6, 6.07) is -1.52. The molecule has 0 aromatic rings. The molecule has 0 saturated heterocycles. The molecule has 380 valence electrons. The van der Waals surface area contributed by atoms with Crippen LogP contribution in [0.5, 0.6) is 0 Å². The Balaban J connectivity index is 4.15. The second-order valence-electron chi connectivity index (χ2n) is 18.7. The van der Waals surface area contributed by atoms with Crippen molar-refractivity contribution in [3.63, 3.8) is 0 Å². The van der Waals surface area contributed by atoms with Crippen molar-refractivity contribution in [2.45, 2.75) is 296 Å². The van der Waals surface area contributed by atoms with Gasteiger partial charge in [0.2, 0.25) is 0 Å². The van der Waals surface area contributed by atoms with Crippen LogP contribution in [0, 0.1) is 0 Å². The van der Waals surface area contributed by atoms with Gasteiger partial charge in [0.05, 0.1) is 13.2 Å². The Bertz CT molecular complexity index is 1090. The second kappa shape index (κ2) is 48.0. The zero-order valence-corrected chi connectivity index (χ0v) is 42.6. The Kier molecular flexibility index (Phi) is 46.8. The van der Waals surface area contributed by atoms with Crippen molar-refractivity contribution in [2.75, 3.05) is 19.8 Å². The third kappa shape index (κ3) is 47.0. The van der Waals surface area contributed by atoms with E-state index in [-0.39, 0.29) is 19.4 Å². The van der Waals surface area contributed by atoms with E-state index in [4.69, 9.17) is 29.4 Å². The Morgan fingerprint density at radius 1 is 0.422 bits per heavy atom. The lowest BCUT2D eigenvalue weighted by atomic mass is 10.0. The van der Waals surface area contributed by atoms with Crippen LogP contribution in [0.4, 0.5) is 0 Å². The summed E-state index contributed by atoms with van der Waals surface area (Å²) in [5.41, 5.74) is 5.36. The molecule has 0 spiro atoms. The fourth-order valence-corrected chi connectivity index (χ4v) is 8.91. The maximum absolute atomic E-state index is 12.7. The van der Waals surface area contributed by atoms with E-state index in [1.54, 1.807) is 0 Å². The summed E-state index contributed by atoms with van der Waals surface area (Å²) >= 11 is 0. The zero-order valence-electron chi connectivity index (χ0n) is 41.7. The smallest absolute Gasteiger partial charge is 0.472 e. The number of rotatable bonds is 52. The Hall–Kier alpha value is -1.52. The molecule has 3 atom stereocenters. The number of carbonyl (C=O) groups is 3. The highest BCUT2D eigenvalue weighted by Crippen LogP contribution is 2.43. The highest BCUT2D eigenvalue weighted by atomic mass is 31.2. The average Bonchev–Trinajstić information content (AvgIpc) is 3.27. The molecule has 0 fully saturated rings. The van der Waals surface area contributed by atoms with Crippen LogP contribution in [0.3, 0.4) is 0 Å².